The Kier molecular flexibility index (Phi) is 5.93. The van der Waals surface area contributed by atoms with Crippen molar-refractivity contribution in [1.82, 2.24) is 0 Å². The number of hydrogen-bond acceptors (Lipinski definition) is 4. The maximum atomic E-state index is 6.43. The van der Waals surface area contributed by atoms with Crippen LogP contribution in [0.25, 0.3) is 0 Å². The molecule has 4 aromatic rings. The zero-order valence-electron chi connectivity index (χ0n) is 28.7. The topological polar surface area (TPSA) is 24.9 Å². The molecule has 4 heterocycles. The van der Waals surface area contributed by atoms with Crippen molar-refractivity contribution in [2.75, 3.05) is 9.80 Å². The summed E-state index contributed by atoms with van der Waals surface area (Å²) in [5, 5.41) is 0. The predicted molar refractivity (Wildman–Crippen MR) is 208 cm³/mol. The first-order valence-electron chi connectivity index (χ1n) is 18.8. The highest BCUT2D eigenvalue weighted by Gasteiger charge is 2.45. The van der Waals surface area contributed by atoms with Crippen LogP contribution < -0.4 is 19.3 Å². The summed E-state index contributed by atoms with van der Waals surface area (Å²) >= 11 is 0. The van der Waals surface area contributed by atoms with Gasteiger partial charge in [0.2, 0.25) is 0 Å². The van der Waals surface area contributed by atoms with Gasteiger partial charge in [-0.1, -0.05) is 109 Å². The van der Waals surface area contributed by atoms with E-state index in [4.69, 9.17) is 9.47 Å². The molecule has 4 atom stereocenters. The molecular weight excluding hydrogens is 637 g/mol. The van der Waals surface area contributed by atoms with Crippen molar-refractivity contribution in [2.45, 2.75) is 49.6 Å². The van der Waals surface area contributed by atoms with Crippen LogP contribution in [-0.2, 0) is 0 Å². The van der Waals surface area contributed by atoms with Crippen molar-refractivity contribution in [1.29, 1.82) is 0 Å². The minimum atomic E-state index is 0.224. The lowest BCUT2D eigenvalue weighted by atomic mass is 9.77. The average molecular weight is 673 g/mol. The second kappa shape index (κ2) is 10.8. The van der Waals surface area contributed by atoms with Crippen LogP contribution in [0.2, 0.25) is 0 Å². The molecular formula is C48H36N2O2. The van der Waals surface area contributed by atoms with Gasteiger partial charge in [0.1, 0.15) is 0 Å². The molecule has 250 valence electrons. The van der Waals surface area contributed by atoms with Crippen LogP contribution in [0.1, 0.15) is 48.6 Å². The van der Waals surface area contributed by atoms with Crippen LogP contribution in [0, 0.1) is 0 Å². The van der Waals surface area contributed by atoms with Gasteiger partial charge in [-0.25, -0.2) is 0 Å². The van der Waals surface area contributed by atoms with E-state index in [1.807, 2.05) is 0 Å². The number of rotatable bonds is 3. The number of benzene rings is 4. The lowest BCUT2D eigenvalue weighted by Crippen LogP contribution is -2.30. The molecule has 0 amide bonds. The van der Waals surface area contributed by atoms with E-state index < -0.39 is 0 Å². The molecule has 0 bridgehead atoms. The second-order valence-electron chi connectivity index (χ2n) is 14.9. The fourth-order valence-corrected chi connectivity index (χ4v) is 10.1. The maximum Gasteiger partial charge on any atom is 0.151 e. The molecule has 8 aliphatic rings. The first kappa shape index (κ1) is 28.7. The molecule has 0 aromatic heterocycles. The van der Waals surface area contributed by atoms with Crippen molar-refractivity contribution in [3.05, 3.63) is 190 Å². The van der Waals surface area contributed by atoms with Crippen LogP contribution in [0.15, 0.2) is 179 Å². The van der Waals surface area contributed by atoms with Crippen molar-refractivity contribution < 1.29 is 9.47 Å². The first-order chi connectivity index (χ1) is 25.8. The van der Waals surface area contributed by atoms with E-state index in [9.17, 15) is 0 Å². The van der Waals surface area contributed by atoms with Crippen LogP contribution >= 0.6 is 0 Å². The fraction of sp³-hybridized carbons (Fsp3) is 0.167. The molecule has 4 aliphatic heterocycles. The van der Waals surface area contributed by atoms with E-state index in [-0.39, 0.29) is 23.9 Å². The quantitative estimate of drug-likeness (QED) is 0.216. The zero-order chi connectivity index (χ0) is 33.9. The summed E-state index contributed by atoms with van der Waals surface area (Å²) < 4.78 is 12.9. The molecule has 4 unspecified atom stereocenters. The maximum absolute atomic E-state index is 6.43. The van der Waals surface area contributed by atoms with E-state index in [1.165, 1.54) is 55.9 Å². The smallest absolute Gasteiger partial charge is 0.151 e. The number of allylic oxidation sites excluding steroid dienone is 12. The van der Waals surface area contributed by atoms with Gasteiger partial charge in [-0.2, -0.15) is 0 Å². The summed E-state index contributed by atoms with van der Waals surface area (Å²) in [6, 6.07) is 30.5. The number of fused-ring (bicyclic) bond motifs is 10. The molecule has 0 saturated heterocycles. The van der Waals surface area contributed by atoms with Crippen LogP contribution in [0.3, 0.4) is 0 Å². The van der Waals surface area contributed by atoms with Gasteiger partial charge in [-0.3, -0.25) is 0 Å². The highest BCUT2D eigenvalue weighted by Crippen LogP contribution is 2.60. The summed E-state index contributed by atoms with van der Waals surface area (Å²) in [5.41, 5.74) is 15.9. The summed E-state index contributed by atoms with van der Waals surface area (Å²) in [4.78, 5) is 5.01. The fourth-order valence-electron chi connectivity index (χ4n) is 10.1. The molecule has 4 heteroatoms. The van der Waals surface area contributed by atoms with E-state index >= 15 is 0 Å². The van der Waals surface area contributed by atoms with Gasteiger partial charge in [0.25, 0.3) is 0 Å². The van der Waals surface area contributed by atoms with Crippen molar-refractivity contribution in [3.8, 4) is 23.0 Å². The largest absolute Gasteiger partial charge is 0.453 e. The summed E-state index contributed by atoms with van der Waals surface area (Å²) in [5.74, 6) is 4.27. The van der Waals surface area contributed by atoms with E-state index in [1.54, 1.807) is 0 Å². The molecule has 0 spiro atoms. The van der Waals surface area contributed by atoms with Crippen molar-refractivity contribution >= 4 is 22.7 Å². The third-order valence-electron chi connectivity index (χ3n) is 12.3. The van der Waals surface area contributed by atoms with Crippen molar-refractivity contribution in [3.63, 3.8) is 0 Å². The molecule has 12 rings (SSSR count). The van der Waals surface area contributed by atoms with Crippen molar-refractivity contribution in [2.24, 2.45) is 0 Å². The molecule has 4 aliphatic carbocycles. The molecule has 0 N–H and O–H groups in total. The Hall–Kier alpha value is -6.00. The minimum Gasteiger partial charge on any atom is -0.453 e. The molecule has 4 nitrogen and oxygen atoms in total. The lowest BCUT2D eigenvalue weighted by molar-refractivity contribution is 0.473. The number of hydrogen-bond donors (Lipinski definition) is 0. The number of ether oxygens (including phenoxy) is 2. The first-order valence-corrected chi connectivity index (χ1v) is 18.8. The Morgan fingerprint density at radius 1 is 0.481 bits per heavy atom. The molecule has 0 fully saturated rings. The number of anilines is 4. The van der Waals surface area contributed by atoms with E-state index in [0.29, 0.717) is 0 Å². The Morgan fingerprint density at radius 2 is 0.942 bits per heavy atom. The Morgan fingerprint density at radius 3 is 1.44 bits per heavy atom. The lowest BCUT2D eigenvalue weighted by Gasteiger charge is -2.35. The average Bonchev–Trinajstić information content (AvgIpc) is 3.73. The minimum absolute atomic E-state index is 0.224. The third-order valence-corrected chi connectivity index (χ3v) is 12.3. The third kappa shape index (κ3) is 3.92. The molecule has 0 radical (unpaired) electrons. The number of para-hydroxylation sites is 6. The Balaban J connectivity index is 0.953. The second-order valence-corrected chi connectivity index (χ2v) is 14.9. The Bertz CT molecular complexity index is 2350. The number of nitrogens with zero attached hydrogens (tertiary/aromatic N) is 2. The monoisotopic (exact) mass is 672 g/mol. The van der Waals surface area contributed by atoms with Gasteiger partial charge in [0.15, 0.2) is 23.0 Å². The highest BCUT2D eigenvalue weighted by atomic mass is 16.5. The SMILES string of the molecule is C1=CC(C2=CC3c4cccc5c4N(c4ccccc4O5)C3C=C2)=C(C2=C(C3=CC4c5cccc6c5N(c5ccccc5O6)C4C=C3)C=CCC2)CC1. The van der Waals surface area contributed by atoms with Gasteiger partial charge in [0.05, 0.1) is 34.8 Å². The summed E-state index contributed by atoms with van der Waals surface area (Å²) in [6.45, 7) is 0. The van der Waals surface area contributed by atoms with E-state index in [2.05, 4.69) is 155 Å². The van der Waals surface area contributed by atoms with Crippen LogP contribution in [0.5, 0.6) is 23.0 Å². The zero-order valence-corrected chi connectivity index (χ0v) is 28.7. The standard InChI is InChI=1S/C48H36N2O2/c1-3-13-33(31(11-1)29-23-25-39-37(27-29)35-15-9-21-45-47(35)49(39)41-17-5-7-19-43(41)51-45)34-14-4-2-12-32(34)30-24-26-40-38(28-30)36-16-10-22-46-48(36)50(40)42-18-6-8-20-44(42)52-46/h1-2,5-12,15-28,37-40H,3-4,13-14H2. The van der Waals surface area contributed by atoms with E-state index in [0.717, 1.165) is 60.1 Å². The Labute approximate surface area is 304 Å². The van der Waals surface area contributed by atoms with Gasteiger partial charge in [-0.15, -0.1) is 0 Å². The summed E-state index contributed by atoms with van der Waals surface area (Å²) in [7, 11) is 0. The van der Waals surface area contributed by atoms with Gasteiger partial charge in [-0.05, 0) is 107 Å². The summed E-state index contributed by atoms with van der Waals surface area (Å²) in [6.07, 6.45) is 28.5. The molecule has 52 heavy (non-hydrogen) atoms. The van der Waals surface area contributed by atoms with Gasteiger partial charge >= 0.3 is 0 Å². The van der Waals surface area contributed by atoms with Crippen LogP contribution in [-0.4, -0.2) is 12.1 Å². The molecule has 0 saturated carbocycles. The highest BCUT2D eigenvalue weighted by molar-refractivity contribution is 5.87. The van der Waals surface area contributed by atoms with Crippen LogP contribution in [0.4, 0.5) is 22.7 Å². The van der Waals surface area contributed by atoms with Gasteiger partial charge < -0.3 is 19.3 Å². The van der Waals surface area contributed by atoms with Gasteiger partial charge in [0, 0.05) is 11.8 Å². The molecule has 4 aromatic carbocycles. The normalized spacial score (nSPS) is 25.0. The predicted octanol–water partition coefficient (Wildman–Crippen LogP) is 12.1.